The lowest BCUT2D eigenvalue weighted by Gasteiger charge is -1.94. The minimum absolute atomic E-state index is 0.00309. The molecule has 0 saturated carbocycles. The summed E-state index contributed by atoms with van der Waals surface area (Å²) in [5.41, 5.74) is 6.45. The zero-order valence-electron chi connectivity index (χ0n) is 9.51. The molecule has 0 unspecified atom stereocenters. The van der Waals surface area contributed by atoms with E-state index in [4.69, 9.17) is 11.0 Å². The minimum Gasteiger partial charge on any atom is -0.369 e. The standard InChI is InChI=1S/C11H7N7O/c12-3-5-1-2-6(14-4-5)8-15-7-9(16-8)17-11(13)18-10(7)19/h1-2,4H,(H4,13,15,16,17,18,19). The van der Waals surface area contributed by atoms with E-state index in [0.29, 0.717) is 17.1 Å². The molecule has 0 aliphatic carbocycles. The number of rotatable bonds is 1. The molecule has 0 aromatic carbocycles. The number of pyridine rings is 1. The zero-order chi connectivity index (χ0) is 13.4. The Morgan fingerprint density at radius 1 is 1.26 bits per heavy atom. The van der Waals surface area contributed by atoms with Crippen molar-refractivity contribution in [2.45, 2.75) is 0 Å². The minimum atomic E-state index is -0.394. The molecule has 8 heteroatoms. The largest absolute Gasteiger partial charge is 0.369 e. The van der Waals surface area contributed by atoms with Crippen molar-refractivity contribution in [3.63, 3.8) is 0 Å². The maximum absolute atomic E-state index is 11.6. The van der Waals surface area contributed by atoms with E-state index in [2.05, 4.69) is 24.9 Å². The molecule has 0 saturated heterocycles. The van der Waals surface area contributed by atoms with Gasteiger partial charge in [-0.1, -0.05) is 0 Å². The highest BCUT2D eigenvalue weighted by Crippen LogP contribution is 2.15. The third kappa shape index (κ3) is 1.79. The van der Waals surface area contributed by atoms with Gasteiger partial charge >= 0.3 is 0 Å². The lowest BCUT2D eigenvalue weighted by atomic mass is 10.2. The van der Waals surface area contributed by atoms with E-state index < -0.39 is 5.56 Å². The van der Waals surface area contributed by atoms with Crippen molar-refractivity contribution >= 4 is 17.1 Å². The Balaban J connectivity index is 2.18. The van der Waals surface area contributed by atoms with Gasteiger partial charge in [-0.05, 0) is 12.1 Å². The van der Waals surface area contributed by atoms with Crippen molar-refractivity contribution in [2.75, 3.05) is 5.73 Å². The summed E-state index contributed by atoms with van der Waals surface area (Å²) in [6.07, 6.45) is 1.43. The molecule has 0 aliphatic heterocycles. The van der Waals surface area contributed by atoms with Crippen molar-refractivity contribution in [3.05, 3.63) is 34.2 Å². The summed E-state index contributed by atoms with van der Waals surface area (Å²) in [6, 6.07) is 5.22. The van der Waals surface area contributed by atoms with Crippen molar-refractivity contribution in [2.24, 2.45) is 0 Å². The van der Waals surface area contributed by atoms with Gasteiger partial charge in [-0.25, -0.2) is 4.98 Å². The summed E-state index contributed by atoms with van der Waals surface area (Å²) in [4.78, 5) is 29.0. The summed E-state index contributed by atoms with van der Waals surface area (Å²) < 4.78 is 0. The Hall–Kier alpha value is -3.21. The summed E-state index contributed by atoms with van der Waals surface area (Å²) >= 11 is 0. The van der Waals surface area contributed by atoms with Gasteiger partial charge in [-0.2, -0.15) is 10.2 Å². The molecule has 4 N–H and O–H groups in total. The first-order valence-corrected chi connectivity index (χ1v) is 5.29. The number of nitrogens with zero attached hydrogens (tertiary/aromatic N) is 4. The molecule has 0 spiro atoms. The van der Waals surface area contributed by atoms with Crippen LogP contribution < -0.4 is 11.3 Å². The molecule has 0 bridgehead atoms. The van der Waals surface area contributed by atoms with Crippen LogP contribution in [0, 0.1) is 11.3 Å². The average Bonchev–Trinajstić information content (AvgIpc) is 2.83. The van der Waals surface area contributed by atoms with Crippen molar-refractivity contribution in [1.82, 2.24) is 24.9 Å². The van der Waals surface area contributed by atoms with Crippen LogP contribution in [0.1, 0.15) is 5.56 Å². The monoisotopic (exact) mass is 253 g/mol. The topological polar surface area (TPSA) is 137 Å². The summed E-state index contributed by atoms with van der Waals surface area (Å²) in [7, 11) is 0. The molecule has 0 atom stereocenters. The van der Waals surface area contributed by atoms with Gasteiger partial charge in [0, 0.05) is 6.20 Å². The summed E-state index contributed by atoms with van der Waals surface area (Å²) in [5, 5.41) is 8.70. The maximum atomic E-state index is 11.6. The summed E-state index contributed by atoms with van der Waals surface area (Å²) in [6.45, 7) is 0. The number of nitrogens with one attached hydrogen (secondary N) is 2. The average molecular weight is 253 g/mol. The van der Waals surface area contributed by atoms with Crippen LogP contribution >= 0.6 is 0 Å². The molecular formula is C11H7N7O. The smallest absolute Gasteiger partial charge is 0.278 e. The van der Waals surface area contributed by atoms with Crippen molar-refractivity contribution < 1.29 is 0 Å². The number of hydrogen-bond donors (Lipinski definition) is 3. The van der Waals surface area contributed by atoms with Crippen LogP contribution in [0.4, 0.5) is 5.95 Å². The van der Waals surface area contributed by atoms with Gasteiger partial charge in [0.15, 0.2) is 17.0 Å². The SMILES string of the molecule is N#Cc1ccc(-c2nc3nc(N)[nH]c(=O)c3[nH]2)nc1. The highest BCUT2D eigenvalue weighted by molar-refractivity contribution is 5.74. The van der Waals surface area contributed by atoms with Gasteiger partial charge in [0.2, 0.25) is 5.95 Å². The number of hydrogen-bond acceptors (Lipinski definition) is 6. The van der Waals surface area contributed by atoms with Gasteiger partial charge in [0.1, 0.15) is 11.8 Å². The van der Waals surface area contributed by atoms with Crippen molar-refractivity contribution in [3.8, 4) is 17.6 Å². The molecule has 0 radical (unpaired) electrons. The second-order valence-electron chi connectivity index (χ2n) is 3.78. The highest BCUT2D eigenvalue weighted by atomic mass is 16.1. The molecule has 3 aromatic rings. The quantitative estimate of drug-likeness (QED) is 0.565. The van der Waals surface area contributed by atoms with E-state index in [1.165, 1.54) is 6.20 Å². The Labute approximate surface area is 106 Å². The van der Waals surface area contributed by atoms with Crippen LogP contribution in [-0.2, 0) is 0 Å². The lowest BCUT2D eigenvalue weighted by molar-refractivity contribution is 1.17. The number of aromatic nitrogens is 5. The number of nitrogens with two attached hydrogens (primary N) is 1. The van der Waals surface area contributed by atoms with Crippen LogP contribution in [0.5, 0.6) is 0 Å². The van der Waals surface area contributed by atoms with Gasteiger partial charge in [0.05, 0.1) is 5.56 Å². The number of imidazole rings is 1. The first kappa shape index (κ1) is 10.9. The zero-order valence-corrected chi connectivity index (χ0v) is 9.51. The molecule has 8 nitrogen and oxygen atoms in total. The predicted octanol–water partition coefficient (Wildman–Crippen LogP) is 0.162. The maximum Gasteiger partial charge on any atom is 0.278 e. The van der Waals surface area contributed by atoms with Crippen LogP contribution in [0.25, 0.3) is 22.7 Å². The molecular weight excluding hydrogens is 246 g/mol. The second kappa shape index (κ2) is 3.92. The fourth-order valence-corrected chi connectivity index (χ4v) is 1.65. The third-order valence-corrected chi connectivity index (χ3v) is 2.51. The second-order valence-corrected chi connectivity index (χ2v) is 3.78. The summed E-state index contributed by atoms with van der Waals surface area (Å²) in [5.74, 6) is 0.395. The van der Waals surface area contributed by atoms with E-state index >= 15 is 0 Å². The van der Waals surface area contributed by atoms with Crippen LogP contribution in [0.15, 0.2) is 23.1 Å². The highest BCUT2D eigenvalue weighted by Gasteiger charge is 2.10. The van der Waals surface area contributed by atoms with Gasteiger partial charge in [-0.3, -0.25) is 14.8 Å². The third-order valence-electron chi connectivity index (χ3n) is 2.51. The van der Waals surface area contributed by atoms with E-state index in [0.717, 1.165) is 0 Å². The Kier molecular flexibility index (Phi) is 2.25. The van der Waals surface area contributed by atoms with Crippen LogP contribution in [0.2, 0.25) is 0 Å². The molecule has 92 valence electrons. The Morgan fingerprint density at radius 3 is 2.79 bits per heavy atom. The number of H-pyrrole nitrogens is 2. The number of nitrogen functional groups attached to an aromatic ring is 1. The fraction of sp³-hybridized carbons (Fsp3) is 0. The first-order valence-electron chi connectivity index (χ1n) is 5.29. The van der Waals surface area contributed by atoms with E-state index in [9.17, 15) is 4.79 Å². The molecule has 0 fully saturated rings. The molecule has 3 rings (SSSR count). The van der Waals surface area contributed by atoms with Gasteiger partial charge in [0.25, 0.3) is 5.56 Å². The lowest BCUT2D eigenvalue weighted by Crippen LogP contribution is -2.10. The predicted molar refractivity (Wildman–Crippen MR) is 66.9 cm³/mol. The Morgan fingerprint density at radius 2 is 2.11 bits per heavy atom. The van der Waals surface area contributed by atoms with Gasteiger partial charge in [-0.15, -0.1) is 0 Å². The number of fused-ring (bicyclic) bond motifs is 1. The fourth-order valence-electron chi connectivity index (χ4n) is 1.65. The molecule has 3 aromatic heterocycles. The number of aromatic amines is 2. The molecule has 3 heterocycles. The van der Waals surface area contributed by atoms with Crippen molar-refractivity contribution in [1.29, 1.82) is 5.26 Å². The molecule has 0 aliphatic rings. The van der Waals surface area contributed by atoms with E-state index in [1.807, 2.05) is 6.07 Å². The number of nitriles is 1. The van der Waals surface area contributed by atoms with E-state index in [-0.39, 0.29) is 17.1 Å². The first-order chi connectivity index (χ1) is 9.17. The van der Waals surface area contributed by atoms with Gasteiger partial charge < -0.3 is 10.7 Å². The van der Waals surface area contributed by atoms with Crippen LogP contribution in [0.3, 0.4) is 0 Å². The van der Waals surface area contributed by atoms with Crippen LogP contribution in [-0.4, -0.2) is 24.9 Å². The normalized spacial score (nSPS) is 10.5. The van der Waals surface area contributed by atoms with E-state index in [1.54, 1.807) is 12.1 Å². The number of anilines is 1. The molecule has 0 amide bonds. The molecule has 19 heavy (non-hydrogen) atoms. The Bertz CT molecular complexity index is 853.